The van der Waals surface area contributed by atoms with Crippen LogP contribution in [0.25, 0.3) is 5.69 Å². The van der Waals surface area contributed by atoms with Crippen molar-refractivity contribution in [3.8, 4) is 5.69 Å². The van der Waals surface area contributed by atoms with E-state index in [-0.39, 0.29) is 6.04 Å². The summed E-state index contributed by atoms with van der Waals surface area (Å²) in [6.45, 7) is 7.10. The third kappa shape index (κ3) is 3.86. The second kappa shape index (κ2) is 7.36. The molecule has 0 saturated carbocycles. The standard InChI is InChI=1S/C19H23N5/c1-14-12-15(2)24(23-14)18-6-4-17(5-7-18)8-9-21-16(3)19-13-20-10-11-22-19/h4-7,10-13,16,21H,8-9H2,1-3H3/t16-/m0/s1. The summed E-state index contributed by atoms with van der Waals surface area (Å²) >= 11 is 0. The Kier molecular flexibility index (Phi) is 5.01. The first-order valence-corrected chi connectivity index (χ1v) is 8.25. The van der Waals surface area contributed by atoms with E-state index in [0.29, 0.717) is 0 Å². The molecule has 0 spiro atoms. The molecule has 0 aliphatic heterocycles. The predicted molar refractivity (Wildman–Crippen MR) is 95.2 cm³/mol. The molecular weight excluding hydrogens is 298 g/mol. The molecule has 0 unspecified atom stereocenters. The van der Waals surface area contributed by atoms with Crippen LogP contribution >= 0.6 is 0 Å². The monoisotopic (exact) mass is 321 g/mol. The van der Waals surface area contributed by atoms with E-state index in [1.54, 1.807) is 18.6 Å². The van der Waals surface area contributed by atoms with Gasteiger partial charge < -0.3 is 5.32 Å². The van der Waals surface area contributed by atoms with Crippen LogP contribution in [-0.4, -0.2) is 26.3 Å². The summed E-state index contributed by atoms with van der Waals surface area (Å²) in [6.07, 6.45) is 6.20. The van der Waals surface area contributed by atoms with Crippen LogP contribution in [0.15, 0.2) is 48.9 Å². The van der Waals surface area contributed by atoms with E-state index in [0.717, 1.165) is 35.7 Å². The summed E-state index contributed by atoms with van der Waals surface area (Å²) in [7, 11) is 0. The molecule has 0 aliphatic carbocycles. The SMILES string of the molecule is Cc1cc(C)n(-c2ccc(CCN[C@@H](C)c3cnccn3)cc2)n1. The second-order valence-electron chi connectivity index (χ2n) is 6.06. The summed E-state index contributed by atoms with van der Waals surface area (Å²) in [5.41, 5.74) is 5.57. The molecule has 0 saturated heterocycles. The Hall–Kier alpha value is -2.53. The predicted octanol–water partition coefficient (Wildman–Crippen LogP) is 3.17. The van der Waals surface area contributed by atoms with Gasteiger partial charge in [-0.05, 0) is 57.5 Å². The van der Waals surface area contributed by atoms with Crippen LogP contribution in [0, 0.1) is 13.8 Å². The second-order valence-corrected chi connectivity index (χ2v) is 6.06. The largest absolute Gasteiger partial charge is 0.308 e. The summed E-state index contributed by atoms with van der Waals surface area (Å²) in [6, 6.07) is 10.9. The smallest absolute Gasteiger partial charge is 0.0753 e. The van der Waals surface area contributed by atoms with Gasteiger partial charge in [-0.2, -0.15) is 5.10 Å². The van der Waals surface area contributed by atoms with Gasteiger partial charge >= 0.3 is 0 Å². The molecule has 124 valence electrons. The van der Waals surface area contributed by atoms with E-state index in [9.17, 15) is 0 Å². The van der Waals surface area contributed by atoms with Crippen molar-refractivity contribution < 1.29 is 0 Å². The molecule has 5 heteroatoms. The number of hydrogen-bond donors (Lipinski definition) is 1. The highest BCUT2D eigenvalue weighted by molar-refractivity contribution is 5.36. The Morgan fingerprint density at radius 2 is 1.92 bits per heavy atom. The fourth-order valence-corrected chi connectivity index (χ4v) is 2.77. The minimum absolute atomic E-state index is 0.202. The Bertz CT molecular complexity index is 777. The Morgan fingerprint density at radius 1 is 1.12 bits per heavy atom. The highest BCUT2D eigenvalue weighted by atomic mass is 15.3. The molecule has 0 radical (unpaired) electrons. The van der Waals surface area contributed by atoms with E-state index < -0.39 is 0 Å². The molecule has 0 fully saturated rings. The van der Waals surface area contributed by atoms with Crippen molar-refractivity contribution in [3.05, 3.63) is 71.6 Å². The lowest BCUT2D eigenvalue weighted by Crippen LogP contribution is -2.22. The minimum atomic E-state index is 0.202. The van der Waals surface area contributed by atoms with Gasteiger partial charge in [-0.1, -0.05) is 12.1 Å². The van der Waals surface area contributed by atoms with E-state index >= 15 is 0 Å². The van der Waals surface area contributed by atoms with Crippen LogP contribution < -0.4 is 5.32 Å². The van der Waals surface area contributed by atoms with Crippen molar-refractivity contribution in [3.63, 3.8) is 0 Å². The quantitative estimate of drug-likeness (QED) is 0.757. The molecule has 3 rings (SSSR count). The molecule has 1 atom stereocenters. The van der Waals surface area contributed by atoms with Crippen LogP contribution in [0.5, 0.6) is 0 Å². The van der Waals surface area contributed by atoms with Gasteiger partial charge in [-0.3, -0.25) is 9.97 Å². The number of hydrogen-bond acceptors (Lipinski definition) is 4. The summed E-state index contributed by atoms with van der Waals surface area (Å²) in [4.78, 5) is 8.43. The van der Waals surface area contributed by atoms with Gasteiger partial charge in [0.15, 0.2) is 0 Å². The highest BCUT2D eigenvalue weighted by Gasteiger charge is 2.06. The topological polar surface area (TPSA) is 55.6 Å². The molecule has 1 N–H and O–H groups in total. The zero-order valence-corrected chi connectivity index (χ0v) is 14.4. The molecule has 24 heavy (non-hydrogen) atoms. The van der Waals surface area contributed by atoms with Crippen molar-refractivity contribution in [1.29, 1.82) is 0 Å². The van der Waals surface area contributed by atoms with Crippen molar-refractivity contribution >= 4 is 0 Å². The van der Waals surface area contributed by atoms with E-state index in [1.807, 2.05) is 11.6 Å². The number of benzene rings is 1. The average molecular weight is 321 g/mol. The normalized spacial score (nSPS) is 12.3. The van der Waals surface area contributed by atoms with Crippen LogP contribution in [0.4, 0.5) is 0 Å². The molecule has 5 nitrogen and oxygen atoms in total. The number of nitrogens with one attached hydrogen (secondary N) is 1. The maximum atomic E-state index is 4.52. The lowest BCUT2D eigenvalue weighted by molar-refractivity contribution is 0.562. The number of nitrogens with zero attached hydrogens (tertiary/aromatic N) is 4. The zero-order chi connectivity index (χ0) is 16.9. The summed E-state index contributed by atoms with van der Waals surface area (Å²) in [5, 5.41) is 8.01. The van der Waals surface area contributed by atoms with Gasteiger partial charge in [0.05, 0.1) is 17.1 Å². The zero-order valence-electron chi connectivity index (χ0n) is 14.4. The first-order valence-electron chi connectivity index (χ1n) is 8.25. The molecule has 2 aromatic heterocycles. The molecule has 3 aromatic rings. The average Bonchev–Trinajstić information content (AvgIpc) is 2.94. The van der Waals surface area contributed by atoms with Gasteiger partial charge in [0.1, 0.15) is 0 Å². The van der Waals surface area contributed by atoms with E-state index in [4.69, 9.17) is 0 Å². The van der Waals surface area contributed by atoms with Crippen molar-refractivity contribution in [2.45, 2.75) is 33.2 Å². The van der Waals surface area contributed by atoms with Crippen molar-refractivity contribution in [2.75, 3.05) is 6.54 Å². The van der Waals surface area contributed by atoms with Gasteiger partial charge in [-0.15, -0.1) is 0 Å². The summed E-state index contributed by atoms with van der Waals surface area (Å²) < 4.78 is 1.98. The molecule has 0 amide bonds. The molecule has 0 bridgehead atoms. The Morgan fingerprint density at radius 3 is 2.54 bits per heavy atom. The van der Waals surface area contributed by atoms with Crippen LogP contribution in [0.2, 0.25) is 0 Å². The van der Waals surface area contributed by atoms with Gasteiger partial charge in [-0.25, -0.2) is 4.68 Å². The molecule has 2 heterocycles. The van der Waals surface area contributed by atoms with Crippen molar-refractivity contribution in [1.82, 2.24) is 25.1 Å². The lowest BCUT2D eigenvalue weighted by Gasteiger charge is -2.13. The molecule has 1 aromatic carbocycles. The first-order chi connectivity index (χ1) is 11.6. The Labute approximate surface area is 142 Å². The van der Waals surface area contributed by atoms with E-state index in [1.165, 1.54) is 5.56 Å². The fraction of sp³-hybridized carbons (Fsp3) is 0.316. The van der Waals surface area contributed by atoms with Crippen LogP contribution in [0.3, 0.4) is 0 Å². The third-order valence-corrected chi connectivity index (χ3v) is 4.08. The van der Waals surface area contributed by atoms with Gasteiger partial charge in [0, 0.05) is 30.3 Å². The van der Waals surface area contributed by atoms with Gasteiger partial charge in [0.2, 0.25) is 0 Å². The first kappa shape index (κ1) is 16.3. The molecular formula is C19H23N5. The van der Waals surface area contributed by atoms with Crippen LogP contribution in [-0.2, 0) is 6.42 Å². The van der Waals surface area contributed by atoms with Gasteiger partial charge in [0.25, 0.3) is 0 Å². The number of aromatic nitrogens is 4. The maximum absolute atomic E-state index is 4.52. The highest BCUT2D eigenvalue weighted by Crippen LogP contribution is 2.13. The minimum Gasteiger partial charge on any atom is -0.308 e. The summed E-state index contributed by atoms with van der Waals surface area (Å²) in [5.74, 6) is 0. The van der Waals surface area contributed by atoms with E-state index in [2.05, 4.69) is 64.6 Å². The van der Waals surface area contributed by atoms with Crippen molar-refractivity contribution in [2.24, 2.45) is 0 Å². The lowest BCUT2D eigenvalue weighted by atomic mass is 10.1. The van der Waals surface area contributed by atoms with Crippen LogP contribution in [0.1, 0.15) is 35.6 Å². The number of aryl methyl sites for hydroxylation is 2. The maximum Gasteiger partial charge on any atom is 0.0753 e. The number of rotatable bonds is 6. The fourth-order valence-electron chi connectivity index (χ4n) is 2.77. The third-order valence-electron chi connectivity index (χ3n) is 4.08. The Balaban J connectivity index is 1.56. The molecule has 0 aliphatic rings.